The first-order chi connectivity index (χ1) is 8.08. The van der Waals surface area contributed by atoms with E-state index in [1.54, 1.807) is 0 Å². The normalized spacial score (nSPS) is 11.4. The van der Waals surface area contributed by atoms with E-state index in [1.807, 2.05) is 6.33 Å². The predicted octanol–water partition coefficient (Wildman–Crippen LogP) is 4.12. The predicted molar refractivity (Wildman–Crippen MR) is 71.7 cm³/mol. The van der Waals surface area contributed by atoms with Crippen LogP contribution in [0.2, 0.25) is 0 Å². The summed E-state index contributed by atoms with van der Waals surface area (Å²) in [6.45, 7) is 8.75. The molecule has 2 heteroatoms. The molecule has 0 aliphatic rings. The number of aromatic nitrogens is 2. The molecule has 0 aliphatic carbocycles. The molecular weight excluding hydrogens is 208 g/mol. The summed E-state index contributed by atoms with van der Waals surface area (Å²) >= 11 is 0. The van der Waals surface area contributed by atoms with Crippen molar-refractivity contribution in [3.8, 4) is 5.69 Å². The SMILES string of the molecule is CC(C)c1ccc(-n2cnc(C(C)C)c2)cc1. The highest BCUT2D eigenvalue weighted by Gasteiger charge is 2.05. The van der Waals surface area contributed by atoms with Gasteiger partial charge in [-0.3, -0.25) is 0 Å². The molecule has 0 saturated carbocycles. The molecule has 0 saturated heterocycles. The van der Waals surface area contributed by atoms with E-state index in [9.17, 15) is 0 Å². The molecule has 0 fully saturated rings. The van der Waals surface area contributed by atoms with E-state index < -0.39 is 0 Å². The molecular formula is C15H20N2. The Bertz CT molecular complexity index is 478. The summed E-state index contributed by atoms with van der Waals surface area (Å²) in [7, 11) is 0. The van der Waals surface area contributed by atoms with Crippen LogP contribution in [0.25, 0.3) is 5.69 Å². The molecule has 2 nitrogen and oxygen atoms in total. The minimum Gasteiger partial charge on any atom is -0.306 e. The molecule has 0 bridgehead atoms. The third-order valence-corrected chi connectivity index (χ3v) is 3.05. The number of rotatable bonds is 3. The Kier molecular flexibility index (Phi) is 3.32. The Labute approximate surface area is 103 Å². The van der Waals surface area contributed by atoms with E-state index in [4.69, 9.17) is 0 Å². The second kappa shape index (κ2) is 4.74. The van der Waals surface area contributed by atoms with Gasteiger partial charge in [-0.05, 0) is 29.5 Å². The molecule has 90 valence electrons. The van der Waals surface area contributed by atoms with Crippen LogP contribution in [0.1, 0.15) is 50.8 Å². The lowest BCUT2D eigenvalue weighted by atomic mass is 10.0. The van der Waals surface area contributed by atoms with Gasteiger partial charge in [0.25, 0.3) is 0 Å². The highest BCUT2D eigenvalue weighted by atomic mass is 15.0. The van der Waals surface area contributed by atoms with Crippen molar-refractivity contribution in [1.82, 2.24) is 9.55 Å². The van der Waals surface area contributed by atoms with E-state index in [2.05, 4.69) is 67.7 Å². The molecule has 1 aromatic carbocycles. The summed E-state index contributed by atoms with van der Waals surface area (Å²) < 4.78 is 2.08. The largest absolute Gasteiger partial charge is 0.306 e. The molecule has 2 rings (SSSR count). The highest BCUT2D eigenvalue weighted by Crippen LogP contribution is 2.18. The zero-order chi connectivity index (χ0) is 12.4. The van der Waals surface area contributed by atoms with Crippen LogP contribution < -0.4 is 0 Å². The third-order valence-electron chi connectivity index (χ3n) is 3.05. The topological polar surface area (TPSA) is 17.8 Å². The Hall–Kier alpha value is -1.57. The maximum Gasteiger partial charge on any atom is 0.0995 e. The summed E-state index contributed by atoms with van der Waals surface area (Å²) in [6.07, 6.45) is 3.99. The zero-order valence-electron chi connectivity index (χ0n) is 11.0. The first kappa shape index (κ1) is 11.9. The Morgan fingerprint density at radius 1 is 0.941 bits per heavy atom. The minimum absolute atomic E-state index is 0.478. The van der Waals surface area contributed by atoms with Crippen molar-refractivity contribution in [3.05, 3.63) is 48.0 Å². The fourth-order valence-corrected chi connectivity index (χ4v) is 1.81. The molecule has 0 radical (unpaired) electrons. The fourth-order valence-electron chi connectivity index (χ4n) is 1.81. The molecule has 2 aromatic rings. The van der Waals surface area contributed by atoms with Crippen molar-refractivity contribution < 1.29 is 0 Å². The van der Waals surface area contributed by atoms with Crippen molar-refractivity contribution in [2.75, 3.05) is 0 Å². The smallest absolute Gasteiger partial charge is 0.0995 e. The van der Waals surface area contributed by atoms with Crippen LogP contribution in [0.15, 0.2) is 36.8 Å². The average molecular weight is 228 g/mol. The van der Waals surface area contributed by atoms with Crippen LogP contribution in [0.5, 0.6) is 0 Å². The van der Waals surface area contributed by atoms with Crippen molar-refractivity contribution in [1.29, 1.82) is 0 Å². The van der Waals surface area contributed by atoms with Crippen LogP contribution in [-0.2, 0) is 0 Å². The number of hydrogen-bond acceptors (Lipinski definition) is 1. The van der Waals surface area contributed by atoms with Gasteiger partial charge in [-0.1, -0.05) is 39.8 Å². The fraction of sp³-hybridized carbons (Fsp3) is 0.400. The van der Waals surface area contributed by atoms with E-state index >= 15 is 0 Å². The average Bonchev–Trinajstić information content (AvgIpc) is 2.78. The maximum atomic E-state index is 4.41. The molecule has 0 unspecified atom stereocenters. The van der Waals surface area contributed by atoms with Gasteiger partial charge in [0.05, 0.1) is 12.0 Å². The standard InChI is InChI=1S/C15H20N2/c1-11(2)13-5-7-14(8-6-13)17-9-15(12(3)4)16-10-17/h5-12H,1-4H3. The summed E-state index contributed by atoms with van der Waals surface area (Å²) in [6, 6.07) is 8.69. The molecule has 1 aromatic heterocycles. The van der Waals surface area contributed by atoms with Gasteiger partial charge in [0.15, 0.2) is 0 Å². The van der Waals surface area contributed by atoms with Gasteiger partial charge in [0.1, 0.15) is 0 Å². The Morgan fingerprint density at radius 2 is 1.59 bits per heavy atom. The van der Waals surface area contributed by atoms with Gasteiger partial charge in [0.2, 0.25) is 0 Å². The zero-order valence-corrected chi connectivity index (χ0v) is 11.0. The minimum atomic E-state index is 0.478. The summed E-state index contributed by atoms with van der Waals surface area (Å²) in [4.78, 5) is 4.41. The van der Waals surface area contributed by atoms with Crippen molar-refractivity contribution in [3.63, 3.8) is 0 Å². The van der Waals surface area contributed by atoms with Gasteiger partial charge < -0.3 is 4.57 Å². The van der Waals surface area contributed by atoms with Crippen molar-refractivity contribution in [2.24, 2.45) is 0 Å². The van der Waals surface area contributed by atoms with E-state index in [1.165, 1.54) is 11.3 Å². The number of nitrogens with zero attached hydrogens (tertiary/aromatic N) is 2. The van der Waals surface area contributed by atoms with Crippen LogP contribution >= 0.6 is 0 Å². The Morgan fingerprint density at radius 3 is 2.06 bits per heavy atom. The second-order valence-corrected chi connectivity index (χ2v) is 5.11. The molecule has 0 spiro atoms. The maximum absolute atomic E-state index is 4.41. The second-order valence-electron chi connectivity index (χ2n) is 5.11. The van der Waals surface area contributed by atoms with Gasteiger partial charge in [-0.2, -0.15) is 0 Å². The molecule has 1 heterocycles. The number of hydrogen-bond donors (Lipinski definition) is 0. The third kappa shape index (κ3) is 2.57. The van der Waals surface area contributed by atoms with Gasteiger partial charge in [0, 0.05) is 11.9 Å². The van der Waals surface area contributed by atoms with E-state index in [0.29, 0.717) is 11.8 Å². The lowest BCUT2D eigenvalue weighted by Gasteiger charge is -2.07. The number of imidazole rings is 1. The first-order valence-corrected chi connectivity index (χ1v) is 6.22. The first-order valence-electron chi connectivity index (χ1n) is 6.22. The van der Waals surface area contributed by atoms with Gasteiger partial charge >= 0.3 is 0 Å². The van der Waals surface area contributed by atoms with Crippen LogP contribution in [0.3, 0.4) is 0 Å². The van der Waals surface area contributed by atoms with E-state index in [-0.39, 0.29) is 0 Å². The van der Waals surface area contributed by atoms with Crippen molar-refractivity contribution >= 4 is 0 Å². The molecule has 0 N–H and O–H groups in total. The quantitative estimate of drug-likeness (QED) is 0.772. The molecule has 0 atom stereocenters. The molecule has 0 aliphatic heterocycles. The van der Waals surface area contributed by atoms with Gasteiger partial charge in [-0.15, -0.1) is 0 Å². The lowest BCUT2D eigenvalue weighted by molar-refractivity contribution is 0.831. The summed E-state index contributed by atoms with van der Waals surface area (Å²) in [5, 5.41) is 0. The Balaban J connectivity index is 2.27. The summed E-state index contributed by atoms with van der Waals surface area (Å²) in [5.41, 5.74) is 3.68. The number of benzene rings is 1. The van der Waals surface area contributed by atoms with E-state index in [0.717, 1.165) is 5.69 Å². The van der Waals surface area contributed by atoms with Crippen LogP contribution in [-0.4, -0.2) is 9.55 Å². The van der Waals surface area contributed by atoms with Gasteiger partial charge in [-0.25, -0.2) is 4.98 Å². The monoisotopic (exact) mass is 228 g/mol. The molecule has 0 amide bonds. The van der Waals surface area contributed by atoms with Crippen LogP contribution in [0.4, 0.5) is 0 Å². The molecule has 17 heavy (non-hydrogen) atoms. The van der Waals surface area contributed by atoms with Crippen molar-refractivity contribution in [2.45, 2.75) is 39.5 Å². The summed E-state index contributed by atoms with van der Waals surface area (Å²) in [5.74, 6) is 1.06. The van der Waals surface area contributed by atoms with Crippen LogP contribution in [0, 0.1) is 0 Å². The highest BCUT2D eigenvalue weighted by molar-refractivity contribution is 5.36. The lowest BCUT2D eigenvalue weighted by Crippen LogP contribution is -1.92.